The summed E-state index contributed by atoms with van der Waals surface area (Å²) in [5, 5.41) is 60.5. The van der Waals surface area contributed by atoms with E-state index in [-0.39, 0.29) is 37.3 Å². The Labute approximate surface area is 437 Å². The molecule has 20 nitrogen and oxygen atoms in total. The Morgan fingerprint density at radius 1 is 0.959 bits per heavy atom. The van der Waals surface area contributed by atoms with E-state index in [1.165, 1.54) is 25.0 Å². The highest BCUT2D eigenvalue weighted by Crippen LogP contribution is 2.40. The van der Waals surface area contributed by atoms with E-state index in [1.54, 1.807) is 58.9 Å². The number of esters is 1. The van der Waals surface area contributed by atoms with Gasteiger partial charge in [-0.25, -0.2) is 18.7 Å². The van der Waals surface area contributed by atoms with E-state index in [4.69, 9.17) is 33.2 Å². The number of halogens is 1. The first-order valence-corrected chi connectivity index (χ1v) is 26.4. The summed E-state index contributed by atoms with van der Waals surface area (Å²) in [5.41, 5.74) is -2.14. The van der Waals surface area contributed by atoms with Gasteiger partial charge in [-0.15, -0.1) is 5.10 Å². The Morgan fingerprint density at radius 3 is 2.28 bits per heavy atom. The largest absolute Gasteiger partial charge is 0.459 e. The van der Waals surface area contributed by atoms with Crippen LogP contribution in [0.15, 0.2) is 43.1 Å². The van der Waals surface area contributed by atoms with E-state index in [0.29, 0.717) is 38.0 Å². The smallest absolute Gasteiger partial charge is 0.311 e. The lowest BCUT2D eigenvalue weighted by Crippen LogP contribution is -2.59. The number of carbonyl (C=O) groups is 1. The summed E-state index contributed by atoms with van der Waals surface area (Å²) in [6.45, 7) is 18.2. The van der Waals surface area contributed by atoms with Gasteiger partial charge < -0.3 is 63.4 Å². The molecule has 3 aliphatic heterocycles. The summed E-state index contributed by atoms with van der Waals surface area (Å²) in [5.74, 6) is -2.57. The second-order valence-electron chi connectivity index (χ2n) is 22.3. The number of aliphatic hydroxyl groups is 4. The summed E-state index contributed by atoms with van der Waals surface area (Å²) in [6.07, 6.45) is -1.57. The Morgan fingerprint density at radius 2 is 1.66 bits per heavy atom. The molecular weight excluding hydrogens is 960 g/mol. The van der Waals surface area contributed by atoms with Crippen LogP contribution in [0.2, 0.25) is 0 Å². The third-order valence-electron chi connectivity index (χ3n) is 16.3. The van der Waals surface area contributed by atoms with Gasteiger partial charge >= 0.3 is 5.97 Å². The molecule has 0 radical (unpaired) electrons. The third-order valence-corrected chi connectivity index (χ3v) is 16.3. The van der Waals surface area contributed by atoms with E-state index in [0.717, 1.165) is 11.3 Å². The average Bonchev–Trinajstić information content (AvgIpc) is 4.08. The Kier molecular flexibility index (Phi) is 20.4. The van der Waals surface area contributed by atoms with Crippen LogP contribution in [0.3, 0.4) is 0 Å². The van der Waals surface area contributed by atoms with Crippen LogP contribution in [0, 0.1) is 17.8 Å². The number of rotatable bonds is 16. The van der Waals surface area contributed by atoms with Gasteiger partial charge in [0.2, 0.25) is 0 Å². The number of aliphatic hydroxyl groups excluding tert-OH is 2. The van der Waals surface area contributed by atoms with Gasteiger partial charge in [-0.3, -0.25) is 4.79 Å². The molecule has 2 aromatic heterocycles. The Balaban J connectivity index is 1.23. The summed E-state index contributed by atoms with van der Waals surface area (Å²) < 4.78 is 62.5. The third kappa shape index (κ3) is 13.7. The van der Waals surface area contributed by atoms with Crippen LogP contribution in [-0.2, 0) is 44.4 Å². The van der Waals surface area contributed by atoms with Crippen LogP contribution in [0.4, 0.5) is 4.39 Å². The van der Waals surface area contributed by atoms with E-state index < -0.39 is 109 Å². The van der Waals surface area contributed by atoms with Crippen molar-refractivity contribution in [3.05, 3.63) is 54.4 Å². The molecule has 5 heterocycles. The van der Waals surface area contributed by atoms with Gasteiger partial charge in [0.25, 0.3) is 0 Å². The zero-order valence-electron chi connectivity index (χ0n) is 46.2. The molecule has 0 aliphatic carbocycles. The fourth-order valence-corrected chi connectivity index (χ4v) is 11.6. The molecule has 0 unspecified atom stereocenters. The minimum Gasteiger partial charge on any atom is -0.459 e. The maximum absolute atomic E-state index is 14.9. The Bertz CT molecular complexity index is 2190. The summed E-state index contributed by atoms with van der Waals surface area (Å²) >= 11 is 0. The van der Waals surface area contributed by atoms with Gasteiger partial charge in [-0.05, 0) is 105 Å². The fourth-order valence-electron chi connectivity index (χ4n) is 11.6. The molecule has 74 heavy (non-hydrogen) atoms. The molecule has 418 valence electrons. The zero-order valence-corrected chi connectivity index (χ0v) is 46.2. The molecule has 1 aromatic carbocycles. The lowest BCUT2D eigenvalue weighted by atomic mass is 9.77. The SMILES string of the molecule is CC[C@H]1OC(=O)[C@H](C)[C@@H](O[C@H]2C[C@@](C)(OC)[C@@H](O)[C@H](C)O2)[C@H](C)[C@@H](O[C@H]2C[C@@H](N(C)CCc3cn([C@H](CF)[C@H](OC)c4ccc(-n5cncn5)cc4)nn3)C[C@@H](C)O2)[C@](C)(O)C[C@@H](C)CN(C)[C@H](C)[C@@H](O)[C@]1(C)O. The van der Waals surface area contributed by atoms with Crippen molar-refractivity contribution < 1.29 is 62.8 Å². The summed E-state index contributed by atoms with van der Waals surface area (Å²) in [6, 6.07) is 6.16. The molecule has 3 fully saturated rings. The quantitative estimate of drug-likeness (QED) is 0.144. The second-order valence-corrected chi connectivity index (χ2v) is 22.3. The first kappa shape index (κ1) is 59.7. The first-order chi connectivity index (χ1) is 34.9. The lowest BCUT2D eigenvalue weighted by molar-refractivity contribution is -0.308. The maximum Gasteiger partial charge on any atom is 0.311 e. The van der Waals surface area contributed by atoms with Crippen molar-refractivity contribution >= 4 is 5.97 Å². The van der Waals surface area contributed by atoms with E-state index in [1.807, 2.05) is 71.0 Å². The molecule has 3 aliphatic rings. The number of hydrogen-bond acceptors (Lipinski definition) is 18. The van der Waals surface area contributed by atoms with Crippen LogP contribution < -0.4 is 0 Å². The summed E-state index contributed by atoms with van der Waals surface area (Å²) in [4.78, 5) is 22.7. The molecule has 3 saturated heterocycles. The van der Waals surface area contributed by atoms with Gasteiger partial charge in [0, 0.05) is 70.8 Å². The molecule has 0 saturated carbocycles. The van der Waals surface area contributed by atoms with Crippen LogP contribution in [0.1, 0.15) is 125 Å². The molecule has 3 aromatic rings. The standard InChI is InChI=1S/C53H87FN8O12/c1-15-42-53(10,67)47(63)35(6)60(12)27-31(2)24-51(8,66)49(33(4)45(34(5)50(65)72-42)73-44-25-52(9,69-14)48(64)36(7)71-44)74-43-23-40(22-32(3)70-43)59(11)21-20-38-28-61(58-57-38)41(26-54)46(68-13)37-16-18-39(19-17-37)62-30-55-29-56-62/h16-19,28-36,40-49,63-64,66-67H,15,20-27H2,1-14H3/t31-,32-,33+,34-,35-,36+,40+,41-,42-,43+,44+,45+,46-,47-,48+,49-,51-,52-,53-/m1/s1. The number of likely N-dealkylation sites (N-methyl/N-ethyl adjacent to an activating group) is 2. The van der Waals surface area contributed by atoms with E-state index in [9.17, 15) is 29.6 Å². The number of benzene rings is 1. The van der Waals surface area contributed by atoms with Crippen molar-refractivity contribution in [2.24, 2.45) is 17.8 Å². The number of cyclic esters (lactones) is 1. The molecule has 0 amide bonds. The summed E-state index contributed by atoms with van der Waals surface area (Å²) in [7, 11) is 6.95. The second kappa shape index (κ2) is 25.3. The van der Waals surface area contributed by atoms with E-state index >= 15 is 0 Å². The van der Waals surface area contributed by atoms with Crippen LogP contribution in [0.5, 0.6) is 0 Å². The maximum atomic E-state index is 14.9. The highest BCUT2D eigenvalue weighted by Gasteiger charge is 2.52. The van der Waals surface area contributed by atoms with Crippen molar-refractivity contribution in [3.8, 4) is 5.69 Å². The van der Waals surface area contributed by atoms with Crippen molar-refractivity contribution in [2.75, 3.05) is 48.1 Å². The minimum absolute atomic E-state index is 0.0197. The number of methoxy groups -OCH3 is 2. The number of carbonyl (C=O) groups excluding carboxylic acids is 1. The molecular formula is C53H87FN8O12. The molecule has 19 atom stereocenters. The molecule has 4 N–H and O–H groups in total. The van der Waals surface area contributed by atoms with Gasteiger partial charge in [-0.2, -0.15) is 5.10 Å². The molecule has 0 spiro atoms. The van der Waals surface area contributed by atoms with Crippen LogP contribution in [-0.4, -0.2) is 198 Å². The minimum atomic E-state index is -1.82. The van der Waals surface area contributed by atoms with Gasteiger partial charge in [-0.1, -0.05) is 38.1 Å². The molecule has 21 heteroatoms. The van der Waals surface area contributed by atoms with Crippen LogP contribution in [0.25, 0.3) is 5.69 Å². The highest BCUT2D eigenvalue weighted by atomic mass is 19.1. The van der Waals surface area contributed by atoms with Crippen molar-refractivity contribution in [2.45, 2.75) is 204 Å². The number of nitrogens with zero attached hydrogens (tertiary/aromatic N) is 8. The predicted molar refractivity (Wildman–Crippen MR) is 272 cm³/mol. The van der Waals surface area contributed by atoms with E-state index in [2.05, 4.69) is 25.3 Å². The van der Waals surface area contributed by atoms with Crippen molar-refractivity contribution in [1.29, 1.82) is 0 Å². The topological polar surface area (TPSA) is 230 Å². The van der Waals surface area contributed by atoms with Gasteiger partial charge in [0.05, 0.1) is 52.9 Å². The number of ether oxygens (including phenoxy) is 7. The van der Waals surface area contributed by atoms with Gasteiger partial charge in [0.1, 0.15) is 55.4 Å². The van der Waals surface area contributed by atoms with Crippen LogP contribution >= 0.6 is 0 Å². The molecule has 6 rings (SSSR count). The average molecular weight is 1050 g/mol. The number of hydrogen-bond donors (Lipinski definition) is 4. The lowest BCUT2D eigenvalue weighted by Gasteiger charge is -2.48. The fraction of sp³-hybridized carbons (Fsp3) is 0.792. The zero-order chi connectivity index (χ0) is 54.4. The number of alkyl halides is 1. The predicted octanol–water partition coefficient (Wildman–Crippen LogP) is 4.61. The Hall–Kier alpha value is -3.58. The first-order valence-electron chi connectivity index (χ1n) is 26.4. The normalized spacial score (nSPS) is 38.2. The highest BCUT2D eigenvalue weighted by molar-refractivity contribution is 5.73. The van der Waals surface area contributed by atoms with Gasteiger partial charge in [0.15, 0.2) is 12.6 Å². The van der Waals surface area contributed by atoms with Crippen molar-refractivity contribution in [3.63, 3.8) is 0 Å². The number of aromatic nitrogens is 6. The van der Waals surface area contributed by atoms with Crippen molar-refractivity contribution in [1.82, 2.24) is 39.6 Å². The monoisotopic (exact) mass is 1050 g/mol. The molecule has 0 bridgehead atoms.